The van der Waals surface area contributed by atoms with Crippen LogP contribution in [0.25, 0.3) is 0 Å². The van der Waals surface area contributed by atoms with Crippen molar-refractivity contribution in [3.63, 3.8) is 0 Å². The van der Waals surface area contributed by atoms with Gasteiger partial charge >= 0.3 is 6.03 Å². The number of urea groups is 1. The molecule has 0 spiro atoms. The Hall–Kier alpha value is -3.02. The molecule has 2 aliphatic heterocycles. The zero-order valence-electron chi connectivity index (χ0n) is 18.0. The van der Waals surface area contributed by atoms with E-state index in [1.54, 1.807) is 0 Å². The Balaban J connectivity index is 1.69. The molecule has 0 radical (unpaired) electrons. The van der Waals surface area contributed by atoms with E-state index in [-0.39, 0.29) is 24.4 Å². The maximum absolute atomic E-state index is 13.3. The molecule has 2 aliphatic rings. The molecule has 2 aromatic carbocycles. The normalized spacial score (nSPS) is 18.2. The standard InChI is InChI=1S/C24H28N2O4/c1-5-29-21-12-17-9-10-25-20(19(17)13-22(21)30-6-2)14-23(27)26(24(25)28)18-8-7-15(3)16(4)11-18/h7-8,11-13,20H,5-6,9-10,14H2,1-4H3/t20-/m1/s1. The topological polar surface area (TPSA) is 59.1 Å². The lowest BCUT2D eigenvalue weighted by molar-refractivity contribution is -0.120. The fourth-order valence-corrected chi connectivity index (χ4v) is 4.31. The molecule has 0 bridgehead atoms. The van der Waals surface area contributed by atoms with Gasteiger partial charge in [0.05, 0.1) is 31.4 Å². The van der Waals surface area contributed by atoms with Crippen LogP contribution >= 0.6 is 0 Å². The van der Waals surface area contributed by atoms with E-state index in [1.165, 1.54) is 4.90 Å². The molecule has 3 amide bonds. The van der Waals surface area contributed by atoms with Gasteiger partial charge in [-0.1, -0.05) is 6.07 Å². The minimum Gasteiger partial charge on any atom is -0.490 e. The van der Waals surface area contributed by atoms with Crippen molar-refractivity contribution in [3.05, 3.63) is 52.6 Å². The van der Waals surface area contributed by atoms with Crippen LogP contribution in [0, 0.1) is 13.8 Å². The molecule has 4 rings (SSSR count). The van der Waals surface area contributed by atoms with Crippen LogP contribution < -0.4 is 14.4 Å². The molecule has 158 valence electrons. The number of carbonyl (C=O) groups excluding carboxylic acids is 2. The van der Waals surface area contributed by atoms with Crippen LogP contribution in [0.1, 0.15) is 48.6 Å². The molecular formula is C24H28N2O4. The molecule has 2 heterocycles. The van der Waals surface area contributed by atoms with Crippen molar-refractivity contribution in [1.29, 1.82) is 0 Å². The van der Waals surface area contributed by atoms with E-state index in [1.807, 2.05) is 62.9 Å². The number of carbonyl (C=O) groups is 2. The summed E-state index contributed by atoms with van der Waals surface area (Å²) in [6.45, 7) is 9.52. The number of hydrogen-bond donors (Lipinski definition) is 0. The van der Waals surface area contributed by atoms with Crippen LogP contribution in [0.15, 0.2) is 30.3 Å². The average molecular weight is 408 g/mol. The highest BCUT2D eigenvalue weighted by atomic mass is 16.5. The van der Waals surface area contributed by atoms with Gasteiger partial charge in [0, 0.05) is 6.54 Å². The van der Waals surface area contributed by atoms with Gasteiger partial charge in [-0.3, -0.25) is 4.79 Å². The van der Waals surface area contributed by atoms with E-state index >= 15 is 0 Å². The van der Waals surface area contributed by atoms with E-state index in [2.05, 4.69) is 0 Å². The molecule has 0 N–H and O–H groups in total. The highest BCUT2D eigenvalue weighted by molar-refractivity contribution is 6.16. The molecular weight excluding hydrogens is 380 g/mol. The molecule has 30 heavy (non-hydrogen) atoms. The van der Waals surface area contributed by atoms with Gasteiger partial charge in [-0.05, 0) is 80.6 Å². The monoisotopic (exact) mass is 408 g/mol. The van der Waals surface area contributed by atoms with E-state index < -0.39 is 0 Å². The van der Waals surface area contributed by atoms with Crippen molar-refractivity contribution in [3.8, 4) is 11.5 Å². The third kappa shape index (κ3) is 3.40. The Morgan fingerprint density at radius 2 is 1.67 bits per heavy atom. The first kappa shape index (κ1) is 20.3. The molecule has 2 aromatic rings. The number of nitrogens with zero attached hydrogens (tertiary/aromatic N) is 2. The fraction of sp³-hybridized carbons (Fsp3) is 0.417. The Labute approximate surface area is 177 Å². The van der Waals surface area contributed by atoms with Crippen molar-refractivity contribution < 1.29 is 19.1 Å². The third-order valence-corrected chi connectivity index (χ3v) is 5.97. The number of ether oxygens (including phenoxy) is 2. The molecule has 1 atom stereocenters. The van der Waals surface area contributed by atoms with Crippen molar-refractivity contribution in [1.82, 2.24) is 4.90 Å². The summed E-state index contributed by atoms with van der Waals surface area (Å²) in [6.07, 6.45) is 0.976. The summed E-state index contributed by atoms with van der Waals surface area (Å²) >= 11 is 0. The predicted molar refractivity (Wildman–Crippen MR) is 115 cm³/mol. The fourth-order valence-electron chi connectivity index (χ4n) is 4.31. The lowest BCUT2D eigenvalue weighted by Gasteiger charge is -2.44. The van der Waals surface area contributed by atoms with Crippen LogP contribution in [-0.2, 0) is 11.2 Å². The summed E-state index contributed by atoms with van der Waals surface area (Å²) < 4.78 is 11.5. The molecule has 0 unspecified atom stereocenters. The van der Waals surface area contributed by atoms with Crippen LogP contribution in [0.3, 0.4) is 0 Å². The number of hydrogen-bond acceptors (Lipinski definition) is 4. The maximum atomic E-state index is 13.3. The maximum Gasteiger partial charge on any atom is 0.331 e. The Kier molecular flexibility index (Phi) is 5.41. The number of aryl methyl sites for hydroxylation is 2. The number of imide groups is 1. The quantitative estimate of drug-likeness (QED) is 0.728. The molecule has 6 nitrogen and oxygen atoms in total. The van der Waals surface area contributed by atoms with Gasteiger partial charge in [0.15, 0.2) is 11.5 Å². The number of benzene rings is 2. The van der Waals surface area contributed by atoms with Gasteiger partial charge in [0.25, 0.3) is 0 Å². The third-order valence-electron chi connectivity index (χ3n) is 5.97. The highest BCUT2D eigenvalue weighted by Gasteiger charge is 2.43. The van der Waals surface area contributed by atoms with Crippen LogP contribution in [0.5, 0.6) is 11.5 Å². The number of amides is 3. The van der Waals surface area contributed by atoms with E-state index in [0.29, 0.717) is 31.2 Å². The van der Waals surface area contributed by atoms with Gasteiger partial charge < -0.3 is 14.4 Å². The summed E-state index contributed by atoms with van der Waals surface area (Å²) in [5.74, 6) is 1.21. The lowest BCUT2D eigenvalue weighted by Crippen LogP contribution is -2.55. The molecule has 1 fully saturated rings. The minimum absolute atomic E-state index is 0.177. The summed E-state index contributed by atoms with van der Waals surface area (Å²) in [4.78, 5) is 29.5. The van der Waals surface area contributed by atoms with Gasteiger partial charge in [-0.15, -0.1) is 0 Å². The van der Waals surface area contributed by atoms with Crippen LogP contribution in [-0.4, -0.2) is 36.6 Å². The summed E-state index contributed by atoms with van der Waals surface area (Å²) in [5, 5.41) is 0. The lowest BCUT2D eigenvalue weighted by atomic mass is 9.88. The SMILES string of the molecule is CCOc1cc2c(cc1OCC)[C@H]1CC(=O)N(c3ccc(C)c(C)c3)C(=O)N1CC2. The predicted octanol–water partition coefficient (Wildman–Crippen LogP) is 4.56. The summed E-state index contributed by atoms with van der Waals surface area (Å²) in [7, 11) is 0. The second-order valence-corrected chi connectivity index (χ2v) is 7.81. The number of rotatable bonds is 5. The molecule has 0 aromatic heterocycles. The number of anilines is 1. The molecule has 0 saturated carbocycles. The van der Waals surface area contributed by atoms with Crippen LogP contribution in [0.4, 0.5) is 10.5 Å². The Morgan fingerprint density at radius 3 is 2.33 bits per heavy atom. The van der Waals surface area contributed by atoms with Gasteiger partial charge in [-0.25, -0.2) is 9.69 Å². The summed E-state index contributed by atoms with van der Waals surface area (Å²) in [6, 6.07) is 9.14. The van der Waals surface area contributed by atoms with Crippen molar-refractivity contribution in [2.75, 3.05) is 24.7 Å². The number of fused-ring (bicyclic) bond motifs is 3. The zero-order valence-corrected chi connectivity index (χ0v) is 18.0. The van der Waals surface area contributed by atoms with Crippen molar-refractivity contribution in [2.24, 2.45) is 0 Å². The largest absolute Gasteiger partial charge is 0.490 e. The second kappa shape index (κ2) is 8.01. The first-order chi connectivity index (χ1) is 14.4. The van der Waals surface area contributed by atoms with Crippen LogP contribution in [0.2, 0.25) is 0 Å². The second-order valence-electron chi connectivity index (χ2n) is 7.81. The summed E-state index contributed by atoms with van der Waals surface area (Å²) in [5.41, 5.74) is 4.93. The first-order valence-corrected chi connectivity index (χ1v) is 10.6. The van der Waals surface area contributed by atoms with E-state index in [0.717, 1.165) is 34.4 Å². The van der Waals surface area contributed by atoms with E-state index in [9.17, 15) is 9.59 Å². The Bertz CT molecular complexity index is 1000. The highest BCUT2D eigenvalue weighted by Crippen LogP contribution is 2.42. The zero-order chi connectivity index (χ0) is 21.4. The van der Waals surface area contributed by atoms with Crippen molar-refractivity contribution >= 4 is 17.6 Å². The van der Waals surface area contributed by atoms with Gasteiger partial charge in [0.2, 0.25) is 5.91 Å². The average Bonchev–Trinajstić information content (AvgIpc) is 2.71. The molecule has 0 aliphatic carbocycles. The van der Waals surface area contributed by atoms with Gasteiger partial charge in [-0.2, -0.15) is 0 Å². The van der Waals surface area contributed by atoms with Crippen molar-refractivity contribution in [2.45, 2.75) is 46.6 Å². The van der Waals surface area contributed by atoms with Gasteiger partial charge in [0.1, 0.15) is 0 Å². The molecule has 6 heteroatoms. The molecule has 1 saturated heterocycles. The minimum atomic E-state index is -0.272. The first-order valence-electron chi connectivity index (χ1n) is 10.6. The van der Waals surface area contributed by atoms with E-state index in [4.69, 9.17) is 9.47 Å². The Morgan fingerprint density at radius 1 is 0.967 bits per heavy atom. The smallest absolute Gasteiger partial charge is 0.331 e.